The number of rotatable bonds is 5. The van der Waals surface area contributed by atoms with E-state index in [2.05, 4.69) is 0 Å². The van der Waals surface area contributed by atoms with Crippen molar-refractivity contribution in [1.82, 2.24) is 0 Å². The summed E-state index contributed by atoms with van der Waals surface area (Å²) in [6.07, 6.45) is -0.0994. The average Bonchev–Trinajstić information content (AvgIpc) is 2.53. The minimum atomic E-state index is -0.871. The maximum absolute atomic E-state index is 12.4. The number of halogens is 3. The number of ketones is 1. The molecular formula is C17H13Cl3O3. The monoisotopic (exact) mass is 370 g/mol. The summed E-state index contributed by atoms with van der Waals surface area (Å²) in [5.41, 5.74) is 0.844. The summed E-state index contributed by atoms with van der Waals surface area (Å²) in [5.74, 6) is -1.67. The fraction of sp³-hybridized carbons (Fsp3) is 0.176. The molecule has 0 spiro atoms. The highest BCUT2D eigenvalue weighted by Crippen LogP contribution is 2.35. The molecule has 0 aliphatic heterocycles. The molecule has 6 heteroatoms. The van der Waals surface area contributed by atoms with Crippen molar-refractivity contribution >= 4 is 46.6 Å². The molecule has 2 aromatic carbocycles. The molecule has 0 saturated heterocycles. The van der Waals surface area contributed by atoms with E-state index < -0.39 is 11.9 Å². The molecule has 120 valence electrons. The van der Waals surface area contributed by atoms with Gasteiger partial charge >= 0.3 is 5.97 Å². The predicted octanol–water partition coefficient (Wildman–Crippen LogP) is 5.18. The van der Waals surface area contributed by atoms with E-state index in [-0.39, 0.29) is 12.2 Å². The van der Waals surface area contributed by atoms with Crippen molar-refractivity contribution in [3.05, 3.63) is 68.7 Å². The molecule has 23 heavy (non-hydrogen) atoms. The molecule has 0 bridgehead atoms. The predicted molar refractivity (Wildman–Crippen MR) is 91.6 cm³/mol. The first kappa shape index (κ1) is 17.8. The zero-order valence-electron chi connectivity index (χ0n) is 12.2. The molecule has 0 aliphatic rings. The van der Waals surface area contributed by atoms with Crippen LogP contribution in [0.4, 0.5) is 0 Å². The Kier molecular flexibility index (Phi) is 6.05. The van der Waals surface area contributed by atoms with Gasteiger partial charge in [0, 0.05) is 32.6 Å². The van der Waals surface area contributed by atoms with Gasteiger partial charge in [-0.25, -0.2) is 0 Å². The van der Waals surface area contributed by atoms with Crippen LogP contribution in [-0.2, 0) is 9.53 Å². The molecule has 0 radical (unpaired) electrons. The standard InChI is InChI=1S/C17H13Cl3O3/c1-23-17(22)12(16-13(19)3-2-4-14(16)20)9-15(21)10-5-7-11(18)8-6-10/h2-8,12H,9H2,1H3. The van der Waals surface area contributed by atoms with E-state index in [1.807, 2.05) is 0 Å². The average molecular weight is 372 g/mol. The minimum absolute atomic E-state index is 0.0994. The van der Waals surface area contributed by atoms with Gasteiger partial charge < -0.3 is 4.74 Å². The number of benzene rings is 2. The van der Waals surface area contributed by atoms with E-state index in [1.54, 1.807) is 42.5 Å². The maximum atomic E-state index is 12.4. The molecule has 0 saturated carbocycles. The third kappa shape index (κ3) is 4.25. The first-order valence-electron chi connectivity index (χ1n) is 6.74. The molecule has 0 fully saturated rings. The molecule has 1 atom stereocenters. The van der Waals surface area contributed by atoms with E-state index in [4.69, 9.17) is 39.5 Å². The van der Waals surface area contributed by atoms with Gasteiger partial charge in [-0.1, -0.05) is 40.9 Å². The van der Waals surface area contributed by atoms with Gasteiger partial charge in [0.25, 0.3) is 0 Å². The lowest BCUT2D eigenvalue weighted by Gasteiger charge is -2.17. The van der Waals surface area contributed by atoms with E-state index in [1.165, 1.54) is 7.11 Å². The zero-order valence-corrected chi connectivity index (χ0v) is 14.5. The molecular weight excluding hydrogens is 359 g/mol. The second kappa shape index (κ2) is 7.82. The topological polar surface area (TPSA) is 43.4 Å². The number of carbonyl (C=O) groups is 2. The van der Waals surface area contributed by atoms with Crippen molar-refractivity contribution in [2.45, 2.75) is 12.3 Å². The van der Waals surface area contributed by atoms with Crippen LogP contribution in [0.5, 0.6) is 0 Å². The second-order valence-electron chi connectivity index (χ2n) is 4.85. The Morgan fingerprint density at radius 1 is 1.00 bits per heavy atom. The van der Waals surface area contributed by atoms with Gasteiger partial charge in [-0.05, 0) is 36.4 Å². The lowest BCUT2D eigenvalue weighted by molar-refractivity contribution is -0.142. The van der Waals surface area contributed by atoms with Crippen LogP contribution in [0.15, 0.2) is 42.5 Å². The number of methoxy groups -OCH3 is 1. The summed E-state index contributed by atoms with van der Waals surface area (Å²) in [4.78, 5) is 24.6. The van der Waals surface area contributed by atoms with Crippen LogP contribution in [0.2, 0.25) is 15.1 Å². The van der Waals surface area contributed by atoms with Gasteiger partial charge in [-0.2, -0.15) is 0 Å². The first-order chi connectivity index (χ1) is 10.9. The van der Waals surface area contributed by atoms with Crippen LogP contribution in [-0.4, -0.2) is 18.9 Å². The van der Waals surface area contributed by atoms with Gasteiger partial charge in [0.2, 0.25) is 0 Å². The zero-order chi connectivity index (χ0) is 17.0. The highest BCUT2D eigenvalue weighted by Gasteiger charge is 2.29. The number of Topliss-reactive ketones (excluding diaryl/α,β-unsaturated/α-hetero) is 1. The van der Waals surface area contributed by atoms with Crippen molar-refractivity contribution < 1.29 is 14.3 Å². The Morgan fingerprint density at radius 2 is 1.57 bits per heavy atom. The highest BCUT2D eigenvalue weighted by molar-refractivity contribution is 6.36. The molecule has 1 unspecified atom stereocenters. The number of ether oxygens (including phenoxy) is 1. The summed E-state index contributed by atoms with van der Waals surface area (Å²) in [6, 6.07) is 11.3. The van der Waals surface area contributed by atoms with Crippen LogP contribution in [0.1, 0.15) is 28.3 Å². The molecule has 2 rings (SSSR count). The molecule has 0 aromatic heterocycles. The van der Waals surface area contributed by atoms with Gasteiger partial charge in [0.1, 0.15) is 0 Å². The molecule has 0 amide bonds. The van der Waals surface area contributed by atoms with Crippen molar-refractivity contribution in [2.24, 2.45) is 0 Å². The molecule has 3 nitrogen and oxygen atoms in total. The molecule has 2 aromatic rings. The number of carbonyl (C=O) groups excluding carboxylic acids is 2. The Morgan fingerprint density at radius 3 is 2.09 bits per heavy atom. The van der Waals surface area contributed by atoms with Crippen LogP contribution >= 0.6 is 34.8 Å². The van der Waals surface area contributed by atoms with Crippen LogP contribution in [0.25, 0.3) is 0 Å². The van der Waals surface area contributed by atoms with Crippen molar-refractivity contribution in [3.63, 3.8) is 0 Å². The van der Waals surface area contributed by atoms with Crippen molar-refractivity contribution in [1.29, 1.82) is 0 Å². The van der Waals surface area contributed by atoms with Crippen LogP contribution < -0.4 is 0 Å². The Balaban J connectivity index is 2.35. The highest BCUT2D eigenvalue weighted by atomic mass is 35.5. The van der Waals surface area contributed by atoms with Crippen molar-refractivity contribution in [3.8, 4) is 0 Å². The van der Waals surface area contributed by atoms with Gasteiger partial charge in [0.15, 0.2) is 5.78 Å². The Bertz CT molecular complexity index is 706. The van der Waals surface area contributed by atoms with Gasteiger partial charge in [-0.3, -0.25) is 9.59 Å². The fourth-order valence-corrected chi connectivity index (χ4v) is 3.01. The summed E-state index contributed by atoms with van der Waals surface area (Å²) < 4.78 is 4.80. The Hall–Kier alpha value is -1.55. The SMILES string of the molecule is COC(=O)C(CC(=O)c1ccc(Cl)cc1)c1c(Cl)cccc1Cl. The first-order valence-corrected chi connectivity index (χ1v) is 7.88. The summed E-state index contributed by atoms with van der Waals surface area (Å²) >= 11 is 18.1. The van der Waals surface area contributed by atoms with Crippen LogP contribution in [0.3, 0.4) is 0 Å². The van der Waals surface area contributed by atoms with Gasteiger partial charge in [-0.15, -0.1) is 0 Å². The van der Waals surface area contributed by atoms with Gasteiger partial charge in [0.05, 0.1) is 13.0 Å². The summed E-state index contributed by atoms with van der Waals surface area (Å²) in [7, 11) is 1.26. The lowest BCUT2D eigenvalue weighted by Crippen LogP contribution is -2.19. The summed E-state index contributed by atoms with van der Waals surface area (Å²) in [6.45, 7) is 0. The van der Waals surface area contributed by atoms with Crippen LogP contribution in [0, 0.1) is 0 Å². The summed E-state index contributed by atoms with van der Waals surface area (Å²) in [5, 5.41) is 1.16. The normalized spacial score (nSPS) is 11.8. The molecule has 0 aliphatic carbocycles. The number of hydrogen-bond donors (Lipinski definition) is 0. The Labute approximate surface area is 149 Å². The maximum Gasteiger partial charge on any atom is 0.313 e. The lowest BCUT2D eigenvalue weighted by atomic mass is 9.91. The number of esters is 1. The quantitative estimate of drug-likeness (QED) is 0.537. The third-order valence-electron chi connectivity index (χ3n) is 3.39. The molecule has 0 N–H and O–H groups in total. The van der Waals surface area contributed by atoms with Crippen molar-refractivity contribution in [2.75, 3.05) is 7.11 Å². The smallest absolute Gasteiger partial charge is 0.313 e. The van der Waals surface area contributed by atoms with E-state index in [0.717, 1.165) is 0 Å². The fourth-order valence-electron chi connectivity index (χ4n) is 2.23. The van der Waals surface area contributed by atoms with E-state index >= 15 is 0 Å². The minimum Gasteiger partial charge on any atom is -0.469 e. The second-order valence-corrected chi connectivity index (χ2v) is 6.10. The number of hydrogen-bond acceptors (Lipinski definition) is 3. The van der Waals surface area contributed by atoms with E-state index in [9.17, 15) is 9.59 Å². The third-order valence-corrected chi connectivity index (χ3v) is 4.30. The largest absolute Gasteiger partial charge is 0.469 e. The molecule has 0 heterocycles. The van der Waals surface area contributed by atoms with E-state index in [0.29, 0.717) is 26.2 Å².